The van der Waals surface area contributed by atoms with E-state index in [1.807, 2.05) is 0 Å². The van der Waals surface area contributed by atoms with Crippen molar-refractivity contribution in [3.63, 3.8) is 0 Å². The zero-order valence-electron chi connectivity index (χ0n) is 12.5. The Hall–Kier alpha value is -0.120. The molecule has 18 heavy (non-hydrogen) atoms. The highest BCUT2D eigenvalue weighted by molar-refractivity contribution is 4.82. The summed E-state index contributed by atoms with van der Waals surface area (Å²) in [6.45, 7) is 13.7. The predicted molar refractivity (Wildman–Crippen MR) is 75.9 cm³/mol. The first-order chi connectivity index (χ1) is 8.42. The first kappa shape index (κ1) is 14.3. The third-order valence-electron chi connectivity index (χ3n) is 4.03. The second-order valence-corrected chi connectivity index (χ2v) is 7.24. The Balaban J connectivity index is 1.65. The molecule has 3 nitrogen and oxygen atoms in total. The van der Waals surface area contributed by atoms with Gasteiger partial charge < -0.3 is 15.0 Å². The van der Waals surface area contributed by atoms with E-state index < -0.39 is 0 Å². The molecular formula is C15H30N2O. The average Bonchev–Trinajstić information content (AvgIpc) is 2.85. The van der Waals surface area contributed by atoms with Gasteiger partial charge in [0.15, 0.2) is 0 Å². The van der Waals surface area contributed by atoms with Crippen LogP contribution in [0.4, 0.5) is 0 Å². The minimum Gasteiger partial charge on any atom is -0.372 e. The van der Waals surface area contributed by atoms with Crippen molar-refractivity contribution in [1.29, 1.82) is 0 Å². The summed E-state index contributed by atoms with van der Waals surface area (Å²) in [6.07, 6.45) is 4.72. The SMILES string of the molecule is CC1CCN(CC2CCC(CNC(C)(C)C)O2)C1. The van der Waals surface area contributed by atoms with Crippen molar-refractivity contribution in [3.8, 4) is 0 Å². The lowest BCUT2D eigenvalue weighted by atomic mass is 10.1. The molecule has 1 N–H and O–H groups in total. The fourth-order valence-electron chi connectivity index (χ4n) is 2.96. The third kappa shape index (κ3) is 4.52. The van der Waals surface area contributed by atoms with Crippen LogP contribution in [0.2, 0.25) is 0 Å². The van der Waals surface area contributed by atoms with E-state index in [1.165, 1.54) is 32.4 Å². The van der Waals surface area contributed by atoms with Crippen molar-refractivity contribution in [3.05, 3.63) is 0 Å². The van der Waals surface area contributed by atoms with Crippen LogP contribution in [-0.2, 0) is 4.74 Å². The number of ether oxygens (including phenoxy) is 1. The van der Waals surface area contributed by atoms with Gasteiger partial charge in [0.1, 0.15) is 0 Å². The van der Waals surface area contributed by atoms with Gasteiger partial charge in [0.25, 0.3) is 0 Å². The summed E-state index contributed by atoms with van der Waals surface area (Å²) in [4.78, 5) is 2.58. The van der Waals surface area contributed by atoms with Gasteiger partial charge in [-0.05, 0) is 52.5 Å². The summed E-state index contributed by atoms with van der Waals surface area (Å²) in [5, 5.41) is 3.55. The van der Waals surface area contributed by atoms with Crippen molar-refractivity contribution in [1.82, 2.24) is 10.2 Å². The first-order valence-corrected chi connectivity index (χ1v) is 7.55. The maximum Gasteiger partial charge on any atom is 0.0707 e. The molecule has 0 radical (unpaired) electrons. The van der Waals surface area contributed by atoms with Crippen LogP contribution in [-0.4, -0.2) is 48.8 Å². The number of hydrogen-bond acceptors (Lipinski definition) is 3. The van der Waals surface area contributed by atoms with Gasteiger partial charge in [-0.2, -0.15) is 0 Å². The summed E-state index contributed by atoms with van der Waals surface area (Å²) < 4.78 is 6.15. The van der Waals surface area contributed by atoms with Gasteiger partial charge in [-0.3, -0.25) is 0 Å². The van der Waals surface area contributed by atoms with Crippen molar-refractivity contribution >= 4 is 0 Å². The average molecular weight is 254 g/mol. The van der Waals surface area contributed by atoms with Crippen molar-refractivity contribution in [2.24, 2.45) is 5.92 Å². The maximum absolute atomic E-state index is 6.15. The van der Waals surface area contributed by atoms with Gasteiger partial charge >= 0.3 is 0 Å². The second-order valence-electron chi connectivity index (χ2n) is 7.24. The van der Waals surface area contributed by atoms with Crippen LogP contribution >= 0.6 is 0 Å². The Bertz CT molecular complexity index is 262. The van der Waals surface area contributed by atoms with Crippen LogP contribution in [0.1, 0.15) is 47.0 Å². The maximum atomic E-state index is 6.15. The highest BCUT2D eigenvalue weighted by Gasteiger charge is 2.29. The number of hydrogen-bond donors (Lipinski definition) is 1. The van der Waals surface area contributed by atoms with Gasteiger partial charge in [0, 0.05) is 25.2 Å². The molecule has 2 aliphatic heterocycles. The quantitative estimate of drug-likeness (QED) is 0.833. The van der Waals surface area contributed by atoms with Gasteiger partial charge in [-0.1, -0.05) is 6.92 Å². The monoisotopic (exact) mass is 254 g/mol. The molecule has 0 spiro atoms. The van der Waals surface area contributed by atoms with Crippen molar-refractivity contribution in [2.45, 2.75) is 64.7 Å². The highest BCUT2D eigenvalue weighted by atomic mass is 16.5. The molecule has 2 aliphatic rings. The first-order valence-electron chi connectivity index (χ1n) is 7.55. The molecule has 3 atom stereocenters. The molecule has 0 aromatic rings. The minimum absolute atomic E-state index is 0.200. The summed E-state index contributed by atoms with van der Waals surface area (Å²) in [5.41, 5.74) is 0.200. The van der Waals surface area contributed by atoms with Crippen LogP contribution in [0.3, 0.4) is 0 Å². The number of nitrogens with zero attached hydrogens (tertiary/aromatic N) is 1. The molecule has 2 saturated heterocycles. The van der Waals surface area contributed by atoms with Crippen LogP contribution in [0.15, 0.2) is 0 Å². The topological polar surface area (TPSA) is 24.5 Å². The van der Waals surface area contributed by atoms with E-state index in [0.717, 1.165) is 19.0 Å². The Labute approximate surface area is 112 Å². The Morgan fingerprint density at radius 3 is 2.50 bits per heavy atom. The lowest BCUT2D eigenvalue weighted by Gasteiger charge is -2.24. The Kier molecular flexibility index (Phi) is 4.68. The fourth-order valence-corrected chi connectivity index (χ4v) is 2.96. The summed E-state index contributed by atoms with van der Waals surface area (Å²) in [6, 6.07) is 0. The summed E-state index contributed by atoms with van der Waals surface area (Å²) >= 11 is 0. The molecule has 0 aromatic heterocycles. The molecule has 0 amide bonds. The summed E-state index contributed by atoms with van der Waals surface area (Å²) in [5.74, 6) is 0.879. The molecule has 2 heterocycles. The highest BCUT2D eigenvalue weighted by Crippen LogP contribution is 2.23. The van der Waals surface area contributed by atoms with Crippen LogP contribution < -0.4 is 5.32 Å². The van der Waals surface area contributed by atoms with Crippen molar-refractivity contribution in [2.75, 3.05) is 26.2 Å². The largest absolute Gasteiger partial charge is 0.372 e. The minimum atomic E-state index is 0.200. The van der Waals surface area contributed by atoms with E-state index in [2.05, 4.69) is 37.9 Å². The number of rotatable bonds is 4. The number of nitrogens with one attached hydrogen (secondary N) is 1. The molecule has 0 saturated carbocycles. The van der Waals surface area contributed by atoms with E-state index >= 15 is 0 Å². The predicted octanol–water partition coefficient (Wildman–Crippen LogP) is 2.26. The van der Waals surface area contributed by atoms with Gasteiger partial charge in [0.05, 0.1) is 12.2 Å². The molecule has 0 aromatic carbocycles. The van der Waals surface area contributed by atoms with E-state index in [-0.39, 0.29) is 5.54 Å². The molecule has 0 aliphatic carbocycles. The molecule has 0 bridgehead atoms. The zero-order valence-corrected chi connectivity index (χ0v) is 12.5. The molecule has 106 valence electrons. The van der Waals surface area contributed by atoms with Gasteiger partial charge in [-0.25, -0.2) is 0 Å². The molecule has 2 fully saturated rings. The second kappa shape index (κ2) is 5.89. The molecule has 3 heteroatoms. The number of likely N-dealkylation sites (tertiary alicyclic amines) is 1. The molecular weight excluding hydrogens is 224 g/mol. The lowest BCUT2D eigenvalue weighted by molar-refractivity contribution is 0.0244. The Morgan fingerprint density at radius 1 is 1.17 bits per heavy atom. The van der Waals surface area contributed by atoms with Crippen LogP contribution in [0.5, 0.6) is 0 Å². The fraction of sp³-hybridized carbons (Fsp3) is 1.00. The molecule has 2 rings (SSSR count). The normalized spacial score (nSPS) is 34.3. The van der Waals surface area contributed by atoms with E-state index in [4.69, 9.17) is 4.74 Å². The van der Waals surface area contributed by atoms with Gasteiger partial charge in [0.2, 0.25) is 0 Å². The zero-order chi connectivity index (χ0) is 13.2. The van der Waals surface area contributed by atoms with E-state index in [9.17, 15) is 0 Å². The standard InChI is InChI=1S/C15H30N2O/c1-12-7-8-17(10-12)11-14-6-5-13(18-14)9-16-15(2,3)4/h12-14,16H,5-11H2,1-4H3. The summed E-state index contributed by atoms with van der Waals surface area (Å²) in [7, 11) is 0. The molecule has 3 unspecified atom stereocenters. The third-order valence-corrected chi connectivity index (χ3v) is 4.03. The lowest BCUT2D eigenvalue weighted by Crippen LogP contribution is -2.41. The van der Waals surface area contributed by atoms with Crippen LogP contribution in [0, 0.1) is 5.92 Å². The van der Waals surface area contributed by atoms with Crippen molar-refractivity contribution < 1.29 is 4.74 Å². The van der Waals surface area contributed by atoms with Gasteiger partial charge in [-0.15, -0.1) is 0 Å². The smallest absolute Gasteiger partial charge is 0.0707 e. The Morgan fingerprint density at radius 2 is 1.89 bits per heavy atom. The van der Waals surface area contributed by atoms with E-state index in [0.29, 0.717) is 12.2 Å². The van der Waals surface area contributed by atoms with E-state index in [1.54, 1.807) is 0 Å². The van der Waals surface area contributed by atoms with Crippen LogP contribution in [0.25, 0.3) is 0 Å².